The maximum absolute atomic E-state index is 15.0. The highest BCUT2D eigenvalue weighted by Crippen LogP contribution is 2.51. The highest BCUT2D eigenvalue weighted by Gasteiger charge is 2.48. The van der Waals surface area contributed by atoms with Crippen molar-refractivity contribution < 1.29 is 13.5 Å². The molecule has 7 nitrogen and oxygen atoms in total. The van der Waals surface area contributed by atoms with Crippen molar-refractivity contribution in [1.29, 1.82) is 5.26 Å². The third-order valence-corrected chi connectivity index (χ3v) is 6.88. The van der Waals surface area contributed by atoms with E-state index >= 15 is 4.39 Å². The van der Waals surface area contributed by atoms with Crippen LogP contribution in [0.15, 0.2) is 24.3 Å². The van der Waals surface area contributed by atoms with Gasteiger partial charge in [0.25, 0.3) is 0 Å². The second-order valence-electron chi connectivity index (χ2n) is 9.38. The number of aryl methyl sites for hydroxylation is 1. The molecule has 1 saturated carbocycles. The van der Waals surface area contributed by atoms with E-state index in [4.69, 9.17) is 9.72 Å². The first kappa shape index (κ1) is 23.4. The van der Waals surface area contributed by atoms with E-state index in [9.17, 15) is 9.65 Å². The smallest absolute Gasteiger partial charge is 0.167 e. The van der Waals surface area contributed by atoms with Crippen LogP contribution in [0.5, 0.6) is 0 Å². The lowest BCUT2D eigenvalue weighted by molar-refractivity contribution is 0.122. The van der Waals surface area contributed by atoms with Gasteiger partial charge in [0.15, 0.2) is 5.65 Å². The molecule has 3 heterocycles. The number of pyridine rings is 1. The van der Waals surface area contributed by atoms with Crippen LogP contribution in [-0.4, -0.2) is 41.3 Å². The van der Waals surface area contributed by atoms with Crippen LogP contribution in [0.4, 0.5) is 20.4 Å². The Labute approximate surface area is 203 Å². The highest BCUT2D eigenvalue weighted by atomic mass is 19.1. The average molecular weight is 479 g/mol. The summed E-state index contributed by atoms with van der Waals surface area (Å²) in [6, 6.07) is 8.73. The van der Waals surface area contributed by atoms with Crippen molar-refractivity contribution in [3.63, 3.8) is 0 Å². The average Bonchev–Trinajstić information content (AvgIpc) is 3.65. The number of anilines is 2. The number of hydrogen-bond donors (Lipinski definition) is 1. The summed E-state index contributed by atoms with van der Waals surface area (Å²) in [5.74, 6) is 1.24. The topological polar surface area (TPSA) is 87.0 Å². The summed E-state index contributed by atoms with van der Waals surface area (Å²) in [5.41, 5.74) is 1.20. The van der Waals surface area contributed by atoms with E-state index in [1.807, 2.05) is 13.0 Å². The van der Waals surface area contributed by atoms with Crippen molar-refractivity contribution >= 4 is 22.7 Å². The number of alkyl halides is 1. The van der Waals surface area contributed by atoms with Gasteiger partial charge in [-0.05, 0) is 39.7 Å². The molecule has 2 atom stereocenters. The Morgan fingerprint density at radius 2 is 1.86 bits per heavy atom. The molecule has 3 aromatic rings. The van der Waals surface area contributed by atoms with Crippen molar-refractivity contribution in [2.75, 3.05) is 36.5 Å². The van der Waals surface area contributed by atoms with Crippen LogP contribution in [0.1, 0.15) is 61.4 Å². The van der Waals surface area contributed by atoms with Crippen LogP contribution in [0, 0.1) is 24.1 Å². The third-order valence-electron chi connectivity index (χ3n) is 6.88. The summed E-state index contributed by atoms with van der Waals surface area (Å²) in [6.07, 6.45) is 0.147. The first-order valence-electron chi connectivity index (χ1n) is 12.0. The second-order valence-corrected chi connectivity index (χ2v) is 9.38. The van der Waals surface area contributed by atoms with Gasteiger partial charge in [-0.15, -0.1) is 0 Å². The van der Waals surface area contributed by atoms with Gasteiger partial charge >= 0.3 is 0 Å². The summed E-state index contributed by atoms with van der Waals surface area (Å²) < 4.78 is 34.4. The van der Waals surface area contributed by atoms with Gasteiger partial charge in [-0.3, -0.25) is 0 Å². The predicted octanol–water partition coefficient (Wildman–Crippen LogP) is 5.07. The van der Waals surface area contributed by atoms with Crippen LogP contribution in [-0.2, 0) is 10.2 Å². The molecular weight excluding hydrogens is 450 g/mol. The fourth-order valence-electron chi connectivity index (χ4n) is 4.69. The van der Waals surface area contributed by atoms with Crippen molar-refractivity contribution in [3.8, 4) is 6.07 Å². The monoisotopic (exact) mass is 478 g/mol. The van der Waals surface area contributed by atoms with E-state index < -0.39 is 23.4 Å². The van der Waals surface area contributed by atoms with Crippen molar-refractivity contribution in [3.05, 3.63) is 52.6 Å². The Morgan fingerprint density at radius 3 is 2.51 bits per heavy atom. The van der Waals surface area contributed by atoms with E-state index in [2.05, 4.69) is 26.3 Å². The lowest BCUT2D eigenvalue weighted by Gasteiger charge is -2.30. The molecule has 0 amide bonds. The van der Waals surface area contributed by atoms with Crippen LogP contribution < -0.4 is 10.2 Å². The molecule has 1 unspecified atom stereocenters. The minimum absolute atomic E-state index is 0.0312. The maximum atomic E-state index is 15.0. The van der Waals surface area contributed by atoms with E-state index in [-0.39, 0.29) is 5.56 Å². The number of benzene rings is 1. The summed E-state index contributed by atoms with van der Waals surface area (Å²) in [4.78, 5) is 16.2. The number of fused-ring (bicyclic) bond motifs is 1. The first-order chi connectivity index (χ1) is 16.8. The molecule has 2 aliphatic rings. The van der Waals surface area contributed by atoms with Gasteiger partial charge in [0.05, 0.1) is 36.1 Å². The zero-order valence-electron chi connectivity index (χ0n) is 20.1. The molecule has 35 heavy (non-hydrogen) atoms. The molecule has 9 heteroatoms. The van der Waals surface area contributed by atoms with Crippen LogP contribution in [0.3, 0.4) is 0 Å². The molecule has 2 fully saturated rings. The Bertz CT molecular complexity index is 1310. The molecule has 5 rings (SSSR count). The number of nitriles is 1. The van der Waals surface area contributed by atoms with E-state index in [1.54, 1.807) is 19.1 Å². The molecule has 1 saturated heterocycles. The van der Waals surface area contributed by atoms with E-state index in [1.165, 1.54) is 13.0 Å². The zero-order valence-corrected chi connectivity index (χ0v) is 20.1. The number of nitrogens with one attached hydrogen (secondary N) is 1. The van der Waals surface area contributed by atoms with Crippen molar-refractivity contribution in [2.24, 2.45) is 0 Å². The fourth-order valence-corrected chi connectivity index (χ4v) is 4.69. The number of nitrogens with zero attached hydrogens (tertiary/aromatic N) is 5. The number of halogens is 2. The molecule has 182 valence electrons. The van der Waals surface area contributed by atoms with Gasteiger partial charge in [-0.2, -0.15) is 5.26 Å². The van der Waals surface area contributed by atoms with Gasteiger partial charge in [-0.25, -0.2) is 23.7 Å². The molecule has 0 radical (unpaired) electrons. The summed E-state index contributed by atoms with van der Waals surface area (Å²) in [5, 5.41) is 13.9. The SMILES string of the molecule is Cc1nc(N[C@H](C)c2cccc(C(C)F)c2F)c2cc(C3(C#N)CC3)c(N3CCOCC3)nc2n1. The van der Waals surface area contributed by atoms with E-state index in [0.29, 0.717) is 54.5 Å². The van der Waals surface area contributed by atoms with Gasteiger partial charge in [0, 0.05) is 29.8 Å². The lowest BCUT2D eigenvalue weighted by atomic mass is 9.96. The quantitative estimate of drug-likeness (QED) is 0.529. The first-order valence-corrected chi connectivity index (χ1v) is 12.0. The van der Waals surface area contributed by atoms with Gasteiger partial charge in [-0.1, -0.05) is 18.2 Å². The highest BCUT2D eigenvalue weighted by molar-refractivity contribution is 5.89. The minimum atomic E-state index is -1.41. The summed E-state index contributed by atoms with van der Waals surface area (Å²) >= 11 is 0. The predicted molar refractivity (Wildman–Crippen MR) is 130 cm³/mol. The Balaban J connectivity index is 1.60. The van der Waals surface area contributed by atoms with Gasteiger partial charge < -0.3 is 15.0 Å². The van der Waals surface area contributed by atoms with E-state index in [0.717, 1.165) is 24.2 Å². The molecule has 1 aromatic carbocycles. The number of morpholine rings is 1. The second kappa shape index (κ2) is 9.00. The summed E-state index contributed by atoms with van der Waals surface area (Å²) in [7, 11) is 0. The Hall–Kier alpha value is -3.38. The van der Waals surface area contributed by atoms with Gasteiger partial charge in [0.2, 0.25) is 0 Å². The number of rotatable bonds is 6. The molecule has 1 N–H and O–H groups in total. The molecular formula is C26H28F2N6O. The largest absolute Gasteiger partial charge is 0.378 e. The standard InChI is InChI=1S/C26H28F2N6O/c1-15(27)18-5-4-6-19(22(18)28)16(2)30-23-20-13-21(26(14-29)7-8-26)25(34-9-11-35-12-10-34)33-24(20)32-17(3)31-23/h4-6,13,15-16H,7-12H2,1-3H3,(H,30,31,32,33)/t15?,16-/m1/s1. The number of ether oxygens (including phenoxy) is 1. The Morgan fingerprint density at radius 1 is 1.14 bits per heavy atom. The Kier molecular flexibility index (Phi) is 6.01. The van der Waals surface area contributed by atoms with Crippen molar-refractivity contribution in [1.82, 2.24) is 15.0 Å². The molecule has 0 bridgehead atoms. The lowest BCUT2D eigenvalue weighted by Crippen LogP contribution is -2.38. The molecule has 1 aliphatic carbocycles. The normalized spacial score (nSPS) is 18.7. The molecule has 2 aromatic heterocycles. The van der Waals surface area contributed by atoms with Crippen molar-refractivity contribution in [2.45, 2.75) is 51.2 Å². The van der Waals surface area contributed by atoms with Crippen LogP contribution >= 0.6 is 0 Å². The van der Waals surface area contributed by atoms with Crippen LogP contribution in [0.25, 0.3) is 11.0 Å². The summed E-state index contributed by atoms with van der Waals surface area (Å²) in [6.45, 7) is 7.51. The molecule has 1 aliphatic heterocycles. The number of aromatic nitrogens is 3. The third kappa shape index (κ3) is 4.27. The van der Waals surface area contributed by atoms with Crippen LogP contribution in [0.2, 0.25) is 0 Å². The zero-order chi connectivity index (χ0) is 24.7. The maximum Gasteiger partial charge on any atom is 0.167 e. The molecule has 0 spiro atoms. The minimum Gasteiger partial charge on any atom is -0.378 e. The van der Waals surface area contributed by atoms with Gasteiger partial charge in [0.1, 0.15) is 29.4 Å². The fraction of sp³-hybridized carbons (Fsp3) is 0.462. The number of hydrogen-bond acceptors (Lipinski definition) is 7.